The van der Waals surface area contributed by atoms with Crippen molar-refractivity contribution in [3.63, 3.8) is 0 Å². The molecule has 0 radical (unpaired) electrons. The minimum absolute atomic E-state index is 0.0203. The van der Waals surface area contributed by atoms with Crippen LogP contribution in [0.4, 0.5) is 0 Å². The summed E-state index contributed by atoms with van der Waals surface area (Å²) >= 11 is 0. The number of nitrogens with zero attached hydrogens (tertiary/aromatic N) is 2. The van der Waals surface area contributed by atoms with Gasteiger partial charge in [-0.15, -0.1) is 0 Å². The Hall–Kier alpha value is -3.67. The largest absolute Gasteiger partial charge is 0.350 e. The number of nitrogens with one attached hydrogen (secondary N) is 1. The molecule has 1 N–H and O–H groups in total. The zero-order valence-electron chi connectivity index (χ0n) is 19.1. The van der Waals surface area contributed by atoms with Crippen LogP contribution in [0.1, 0.15) is 51.5 Å². The lowest BCUT2D eigenvalue weighted by molar-refractivity contribution is -0.121. The summed E-state index contributed by atoms with van der Waals surface area (Å²) in [7, 11) is 0. The van der Waals surface area contributed by atoms with E-state index in [1.807, 2.05) is 35.2 Å². The molecule has 1 aliphatic rings. The third-order valence-corrected chi connectivity index (χ3v) is 6.18. The fourth-order valence-electron chi connectivity index (χ4n) is 4.41. The normalized spacial score (nSPS) is 15.5. The molecule has 4 rings (SSSR count). The van der Waals surface area contributed by atoms with Crippen LogP contribution in [-0.4, -0.2) is 27.8 Å². The van der Waals surface area contributed by atoms with Crippen molar-refractivity contribution in [3.05, 3.63) is 105 Å². The van der Waals surface area contributed by atoms with Crippen LogP contribution in [0, 0.1) is 13.8 Å². The first-order valence-corrected chi connectivity index (χ1v) is 11.3. The molecule has 2 aromatic carbocycles. The van der Waals surface area contributed by atoms with Gasteiger partial charge in [0.1, 0.15) is 6.54 Å². The number of likely N-dealkylation sites (tertiary alicyclic amines) is 1. The maximum Gasteiger partial charge on any atom is 0.255 e. The molecule has 1 aliphatic heterocycles. The minimum Gasteiger partial charge on any atom is -0.350 e. The third-order valence-electron chi connectivity index (χ3n) is 6.18. The number of pyridine rings is 1. The van der Waals surface area contributed by atoms with Crippen molar-refractivity contribution in [3.8, 4) is 0 Å². The summed E-state index contributed by atoms with van der Waals surface area (Å²) < 4.78 is 1.30. The lowest BCUT2D eigenvalue weighted by atomic mass is 9.97. The van der Waals surface area contributed by atoms with E-state index in [0.717, 1.165) is 18.4 Å². The molecule has 0 bridgehead atoms. The Bertz CT molecular complexity index is 1220. The number of carbonyl (C=O) groups is 2. The smallest absolute Gasteiger partial charge is 0.255 e. The molecule has 3 aromatic rings. The highest BCUT2D eigenvalue weighted by molar-refractivity contribution is 5.94. The quantitative estimate of drug-likeness (QED) is 0.631. The molecule has 0 saturated carbocycles. The zero-order chi connectivity index (χ0) is 23.4. The molecular formula is C27H29N3O3. The molecule has 6 nitrogen and oxygen atoms in total. The number of hydrogen-bond acceptors (Lipinski definition) is 3. The van der Waals surface area contributed by atoms with E-state index >= 15 is 0 Å². The van der Waals surface area contributed by atoms with Gasteiger partial charge in [0.15, 0.2) is 0 Å². The molecule has 2 heterocycles. The molecule has 1 saturated heterocycles. The predicted octanol–water partition coefficient (Wildman–Crippen LogP) is 3.76. The molecule has 170 valence electrons. The number of carbonyl (C=O) groups excluding carboxylic acids is 2. The molecule has 2 amide bonds. The van der Waals surface area contributed by atoms with E-state index in [-0.39, 0.29) is 30.0 Å². The Kier molecular flexibility index (Phi) is 6.73. The molecule has 6 heteroatoms. The van der Waals surface area contributed by atoms with Crippen LogP contribution in [0.15, 0.2) is 71.7 Å². The van der Waals surface area contributed by atoms with Gasteiger partial charge >= 0.3 is 0 Å². The van der Waals surface area contributed by atoms with Crippen molar-refractivity contribution in [2.75, 3.05) is 6.54 Å². The van der Waals surface area contributed by atoms with Gasteiger partial charge < -0.3 is 14.8 Å². The summed E-state index contributed by atoms with van der Waals surface area (Å²) in [5.41, 5.74) is 4.61. The van der Waals surface area contributed by atoms with Crippen molar-refractivity contribution in [1.82, 2.24) is 14.8 Å². The average molecular weight is 444 g/mol. The van der Waals surface area contributed by atoms with Crippen LogP contribution in [0.25, 0.3) is 0 Å². The van der Waals surface area contributed by atoms with Crippen molar-refractivity contribution in [2.24, 2.45) is 0 Å². The van der Waals surface area contributed by atoms with E-state index in [1.54, 1.807) is 6.07 Å². The van der Waals surface area contributed by atoms with Crippen LogP contribution in [-0.2, 0) is 17.9 Å². The molecule has 1 fully saturated rings. The summed E-state index contributed by atoms with van der Waals surface area (Å²) in [5, 5.41) is 2.82. The number of hydrogen-bond donors (Lipinski definition) is 1. The van der Waals surface area contributed by atoms with Crippen LogP contribution < -0.4 is 10.9 Å². The standard InChI is InChI=1S/C27H29N3O3/c1-19-10-11-20(2)23(15-19)24-9-6-14-30(24)27(33)22-12-13-26(32)29(17-22)18-25(31)28-16-21-7-4-3-5-8-21/h3-5,7-8,10-13,15,17,24H,6,9,14,16,18H2,1-2H3,(H,28,31)/t24-/m1/s1. The topological polar surface area (TPSA) is 71.4 Å². The summed E-state index contributed by atoms with van der Waals surface area (Å²) in [6.45, 7) is 5.06. The van der Waals surface area contributed by atoms with Gasteiger partial charge in [0.05, 0.1) is 11.6 Å². The summed E-state index contributed by atoms with van der Waals surface area (Å²) in [6.07, 6.45) is 3.36. The Morgan fingerprint density at radius 3 is 2.61 bits per heavy atom. The highest BCUT2D eigenvalue weighted by atomic mass is 16.2. The van der Waals surface area contributed by atoms with E-state index in [1.165, 1.54) is 33.5 Å². The van der Waals surface area contributed by atoms with Gasteiger partial charge in [-0.2, -0.15) is 0 Å². The number of aryl methyl sites for hydroxylation is 2. The van der Waals surface area contributed by atoms with E-state index < -0.39 is 0 Å². The van der Waals surface area contributed by atoms with Gasteiger partial charge in [-0.1, -0.05) is 54.1 Å². The number of benzene rings is 2. The molecule has 1 atom stereocenters. The zero-order valence-corrected chi connectivity index (χ0v) is 19.1. The minimum atomic E-state index is -0.311. The first-order valence-electron chi connectivity index (χ1n) is 11.3. The maximum atomic E-state index is 13.4. The number of aromatic nitrogens is 1. The van der Waals surface area contributed by atoms with Gasteiger partial charge in [0.25, 0.3) is 11.5 Å². The van der Waals surface area contributed by atoms with E-state index in [4.69, 9.17) is 0 Å². The van der Waals surface area contributed by atoms with Crippen LogP contribution >= 0.6 is 0 Å². The van der Waals surface area contributed by atoms with Crippen molar-refractivity contribution in [2.45, 2.75) is 45.8 Å². The molecule has 0 aliphatic carbocycles. The first-order chi connectivity index (χ1) is 15.9. The Labute approximate surface area is 193 Å². The predicted molar refractivity (Wildman–Crippen MR) is 128 cm³/mol. The fourth-order valence-corrected chi connectivity index (χ4v) is 4.41. The molecule has 0 unspecified atom stereocenters. The Balaban J connectivity index is 1.49. The number of amides is 2. The van der Waals surface area contributed by atoms with E-state index in [2.05, 4.69) is 37.4 Å². The van der Waals surface area contributed by atoms with Gasteiger partial charge in [-0.05, 0) is 49.4 Å². The van der Waals surface area contributed by atoms with Crippen LogP contribution in [0.3, 0.4) is 0 Å². The second kappa shape index (κ2) is 9.86. The molecular weight excluding hydrogens is 414 g/mol. The second-order valence-electron chi connectivity index (χ2n) is 8.66. The third kappa shape index (κ3) is 5.22. The van der Waals surface area contributed by atoms with Crippen molar-refractivity contribution >= 4 is 11.8 Å². The van der Waals surface area contributed by atoms with Gasteiger partial charge in [0, 0.05) is 25.4 Å². The lowest BCUT2D eigenvalue weighted by Crippen LogP contribution is -2.34. The van der Waals surface area contributed by atoms with Crippen molar-refractivity contribution < 1.29 is 9.59 Å². The van der Waals surface area contributed by atoms with Gasteiger partial charge in [-0.25, -0.2) is 0 Å². The first kappa shape index (κ1) is 22.5. The monoisotopic (exact) mass is 443 g/mol. The lowest BCUT2D eigenvalue weighted by Gasteiger charge is -2.27. The highest BCUT2D eigenvalue weighted by Gasteiger charge is 2.31. The van der Waals surface area contributed by atoms with Gasteiger partial charge in [0.2, 0.25) is 5.91 Å². The Morgan fingerprint density at radius 2 is 1.82 bits per heavy atom. The second-order valence-corrected chi connectivity index (χ2v) is 8.66. The summed E-state index contributed by atoms with van der Waals surface area (Å²) in [4.78, 5) is 40.1. The summed E-state index contributed by atoms with van der Waals surface area (Å²) in [6, 6.07) is 18.9. The number of rotatable bonds is 6. The average Bonchev–Trinajstić information content (AvgIpc) is 3.30. The maximum absolute atomic E-state index is 13.4. The summed E-state index contributed by atoms with van der Waals surface area (Å²) in [5.74, 6) is -0.392. The Morgan fingerprint density at radius 1 is 1.03 bits per heavy atom. The van der Waals surface area contributed by atoms with Gasteiger partial charge in [-0.3, -0.25) is 14.4 Å². The SMILES string of the molecule is Cc1ccc(C)c([C@H]2CCCN2C(=O)c2ccc(=O)n(CC(=O)NCc3ccccc3)c2)c1. The fraction of sp³-hybridized carbons (Fsp3) is 0.296. The van der Waals surface area contributed by atoms with Crippen LogP contribution in [0.2, 0.25) is 0 Å². The molecule has 0 spiro atoms. The highest BCUT2D eigenvalue weighted by Crippen LogP contribution is 2.35. The van der Waals surface area contributed by atoms with E-state index in [9.17, 15) is 14.4 Å². The molecule has 1 aromatic heterocycles. The van der Waals surface area contributed by atoms with Crippen LogP contribution in [0.5, 0.6) is 0 Å². The van der Waals surface area contributed by atoms with Crippen molar-refractivity contribution in [1.29, 1.82) is 0 Å². The molecule has 33 heavy (non-hydrogen) atoms. The van der Waals surface area contributed by atoms with E-state index in [0.29, 0.717) is 18.7 Å².